The molecule has 0 saturated carbocycles. The van der Waals surface area contributed by atoms with Gasteiger partial charge >= 0.3 is 6.03 Å². The van der Waals surface area contributed by atoms with E-state index < -0.39 is 22.2 Å². The standard InChI is InChI=1S/C26H34N4O5S/c1-18(2)28-26(32)29(5)16-24-19(3)15-30(20(4)17-31)36(33,34)25-12-10-21(14-23(25)35-24)9-11-22-8-6-7-13-27-22/h6-8,10,12-14,18-20,24,31H,15-17H2,1-5H3,(H,28,32)/t19-,20-,24-/m1/s1. The van der Waals surface area contributed by atoms with E-state index in [1.54, 1.807) is 44.4 Å². The van der Waals surface area contributed by atoms with Crippen molar-refractivity contribution in [3.8, 4) is 17.6 Å². The lowest BCUT2D eigenvalue weighted by Gasteiger charge is -2.37. The largest absolute Gasteiger partial charge is 0.487 e. The van der Waals surface area contributed by atoms with Gasteiger partial charge < -0.3 is 20.1 Å². The normalized spacial score (nSPS) is 20.1. The lowest BCUT2D eigenvalue weighted by molar-refractivity contribution is 0.0809. The Morgan fingerprint density at radius 1 is 1.28 bits per heavy atom. The van der Waals surface area contributed by atoms with Gasteiger partial charge in [-0.3, -0.25) is 0 Å². The van der Waals surface area contributed by atoms with Crippen LogP contribution >= 0.6 is 0 Å². The molecule has 2 amide bonds. The van der Waals surface area contributed by atoms with E-state index in [1.165, 1.54) is 15.3 Å². The number of carbonyl (C=O) groups is 1. The molecule has 0 unspecified atom stereocenters. The molecule has 0 fully saturated rings. The van der Waals surface area contributed by atoms with Crippen molar-refractivity contribution < 1.29 is 23.1 Å². The molecule has 3 atom stereocenters. The average Bonchev–Trinajstić information content (AvgIpc) is 2.84. The highest BCUT2D eigenvalue weighted by molar-refractivity contribution is 7.89. The maximum atomic E-state index is 13.6. The number of ether oxygens (including phenoxy) is 1. The molecule has 9 nitrogen and oxygen atoms in total. The summed E-state index contributed by atoms with van der Waals surface area (Å²) in [7, 11) is -2.29. The Morgan fingerprint density at radius 2 is 2.03 bits per heavy atom. The van der Waals surface area contributed by atoms with Crippen LogP contribution in [0.5, 0.6) is 5.75 Å². The zero-order valence-corrected chi connectivity index (χ0v) is 22.1. The number of rotatable bonds is 5. The first kappa shape index (κ1) is 27.5. The summed E-state index contributed by atoms with van der Waals surface area (Å²) < 4.78 is 34.8. The predicted molar refractivity (Wildman–Crippen MR) is 137 cm³/mol. The summed E-state index contributed by atoms with van der Waals surface area (Å²) in [6.45, 7) is 7.35. The fourth-order valence-corrected chi connectivity index (χ4v) is 5.63. The van der Waals surface area contributed by atoms with Crippen LogP contribution in [0.3, 0.4) is 0 Å². The summed E-state index contributed by atoms with van der Waals surface area (Å²) in [6, 6.07) is 9.22. The lowest BCUT2D eigenvalue weighted by atomic mass is 10.0. The van der Waals surface area contributed by atoms with Crippen molar-refractivity contribution in [2.75, 3.05) is 26.7 Å². The average molecular weight is 515 g/mol. The SMILES string of the molecule is CC(C)NC(=O)N(C)C[C@H]1Oc2cc(C#Cc3ccccn3)ccc2S(=O)(=O)N([C@H](C)CO)C[C@H]1C. The Hall–Kier alpha value is -3.13. The smallest absolute Gasteiger partial charge is 0.317 e. The van der Waals surface area contributed by atoms with Crippen molar-refractivity contribution in [2.24, 2.45) is 5.92 Å². The van der Waals surface area contributed by atoms with Crippen molar-refractivity contribution in [3.63, 3.8) is 0 Å². The number of sulfonamides is 1. The van der Waals surface area contributed by atoms with Crippen LogP contribution in [0.25, 0.3) is 0 Å². The number of benzene rings is 1. The van der Waals surface area contributed by atoms with E-state index in [4.69, 9.17) is 4.74 Å². The number of aromatic nitrogens is 1. The van der Waals surface area contributed by atoms with E-state index in [1.807, 2.05) is 26.8 Å². The first-order valence-corrected chi connectivity index (χ1v) is 13.3. The first-order valence-electron chi connectivity index (χ1n) is 11.9. The molecule has 1 aromatic heterocycles. The van der Waals surface area contributed by atoms with Crippen LogP contribution < -0.4 is 10.1 Å². The Labute approximate surface area is 213 Å². The van der Waals surface area contributed by atoms with E-state index in [0.29, 0.717) is 11.3 Å². The third kappa shape index (κ3) is 6.55. The highest BCUT2D eigenvalue weighted by Gasteiger charge is 2.38. The molecule has 10 heteroatoms. The number of nitrogens with one attached hydrogen (secondary N) is 1. The molecule has 0 radical (unpaired) electrons. The highest BCUT2D eigenvalue weighted by atomic mass is 32.2. The summed E-state index contributed by atoms with van der Waals surface area (Å²) in [5, 5.41) is 12.6. The maximum Gasteiger partial charge on any atom is 0.317 e. The molecule has 1 aromatic carbocycles. The van der Waals surface area contributed by atoms with Crippen molar-refractivity contribution >= 4 is 16.1 Å². The van der Waals surface area contributed by atoms with E-state index in [2.05, 4.69) is 22.1 Å². The minimum atomic E-state index is -3.96. The topological polar surface area (TPSA) is 112 Å². The van der Waals surface area contributed by atoms with Crippen molar-refractivity contribution in [1.82, 2.24) is 19.5 Å². The van der Waals surface area contributed by atoms with Crippen LogP contribution in [0.1, 0.15) is 39.0 Å². The van der Waals surface area contributed by atoms with Crippen LogP contribution in [0.15, 0.2) is 47.5 Å². The van der Waals surface area contributed by atoms with Crippen LogP contribution in [0.2, 0.25) is 0 Å². The number of pyridine rings is 1. The second-order valence-corrected chi connectivity index (χ2v) is 11.2. The molecule has 0 saturated heterocycles. The summed E-state index contributed by atoms with van der Waals surface area (Å²) in [5.74, 6) is 5.86. The first-order chi connectivity index (χ1) is 17.0. The Bertz CT molecular complexity index is 1220. The number of carbonyl (C=O) groups excluding carboxylic acids is 1. The highest BCUT2D eigenvalue weighted by Crippen LogP contribution is 2.34. The molecule has 3 rings (SSSR count). The summed E-state index contributed by atoms with van der Waals surface area (Å²) in [6.07, 6.45) is 1.14. The van der Waals surface area contributed by atoms with Crippen LogP contribution in [-0.2, 0) is 10.0 Å². The summed E-state index contributed by atoms with van der Waals surface area (Å²) in [5.41, 5.74) is 1.15. The zero-order valence-electron chi connectivity index (χ0n) is 21.3. The Balaban J connectivity index is 2.03. The van der Waals surface area contributed by atoms with Gasteiger partial charge in [0.25, 0.3) is 0 Å². The van der Waals surface area contributed by atoms with Crippen LogP contribution in [0.4, 0.5) is 4.79 Å². The minimum absolute atomic E-state index is 0.00243. The van der Waals surface area contributed by atoms with Gasteiger partial charge in [0.15, 0.2) is 0 Å². The molecule has 0 aliphatic carbocycles. The van der Waals surface area contributed by atoms with Gasteiger partial charge in [-0.15, -0.1) is 0 Å². The van der Waals surface area contributed by atoms with Gasteiger partial charge in [0, 0.05) is 43.4 Å². The molecule has 194 valence electrons. The number of fused-ring (bicyclic) bond motifs is 1. The van der Waals surface area contributed by atoms with E-state index >= 15 is 0 Å². The van der Waals surface area contributed by atoms with Crippen molar-refractivity contribution in [3.05, 3.63) is 53.9 Å². The number of amides is 2. The van der Waals surface area contributed by atoms with Crippen molar-refractivity contribution in [1.29, 1.82) is 0 Å². The summed E-state index contributed by atoms with van der Waals surface area (Å²) in [4.78, 5) is 18.2. The molecule has 0 spiro atoms. The second-order valence-electron chi connectivity index (χ2n) is 9.35. The number of urea groups is 1. The number of hydrogen-bond donors (Lipinski definition) is 2. The van der Waals surface area contributed by atoms with Gasteiger partial charge in [-0.25, -0.2) is 18.2 Å². The molecule has 36 heavy (non-hydrogen) atoms. The van der Waals surface area contributed by atoms with E-state index in [0.717, 1.165) is 0 Å². The van der Waals surface area contributed by atoms with Gasteiger partial charge in [0.1, 0.15) is 22.4 Å². The maximum absolute atomic E-state index is 13.6. The Kier molecular flexibility index (Phi) is 8.95. The van der Waals surface area contributed by atoms with Gasteiger partial charge in [-0.1, -0.05) is 18.9 Å². The fraction of sp³-hybridized carbons (Fsp3) is 0.462. The molecular formula is C26H34N4O5S. The molecule has 2 aromatic rings. The minimum Gasteiger partial charge on any atom is -0.487 e. The van der Waals surface area contributed by atoms with E-state index in [-0.39, 0.29) is 48.3 Å². The molecule has 1 aliphatic heterocycles. The van der Waals surface area contributed by atoms with E-state index in [9.17, 15) is 18.3 Å². The molecule has 2 N–H and O–H groups in total. The van der Waals surface area contributed by atoms with Crippen molar-refractivity contribution in [2.45, 2.75) is 50.8 Å². The molecular weight excluding hydrogens is 480 g/mol. The molecule has 2 heterocycles. The van der Waals surface area contributed by atoms with Gasteiger partial charge in [0.05, 0.1) is 13.2 Å². The lowest BCUT2D eigenvalue weighted by Crippen LogP contribution is -2.51. The Morgan fingerprint density at radius 3 is 2.67 bits per heavy atom. The number of nitrogens with zero attached hydrogens (tertiary/aromatic N) is 3. The second kappa shape index (κ2) is 11.7. The molecule has 0 bridgehead atoms. The number of aliphatic hydroxyl groups is 1. The number of hydrogen-bond acceptors (Lipinski definition) is 6. The predicted octanol–water partition coefficient (Wildman–Crippen LogP) is 2.30. The monoisotopic (exact) mass is 514 g/mol. The van der Waals surface area contributed by atoms with Gasteiger partial charge in [-0.2, -0.15) is 4.31 Å². The summed E-state index contributed by atoms with van der Waals surface area (Å²) >= 11 is 0. The van der Waals surface area contributed by atoms with Gasteiger partial charge in [-0.05, 0) is 57.0 Å². The zero-order chi connectivity index (χ0) is 26.5. The van der Waals surface area contributed by atoms with Crippen LogP contribution in [-0.4, -0.2) is 78.7 Å². The number of likely N-dealkylation sites (N-methyl/N-ethyl adjacent to an activating group) is 1. The molecule has 1 aliphatic rings. The number of aliphatic hydroxyl groups excluding tert-OH is 1. The third-order valence-electron chi connectivity index (χ3n) is 5.88. The van der Waals surface area contributed by atoms with Gasteiger partial charge in [0.2, 0.25) is 10.0 Å². The quantitative estimate of drug-likeness (QED) is 0.593. The van der Waals surface area contributed by atoms with Crippen LogP contribution in [0, 0.1) is 17.8 Å². The third-order valence-corrected chi connectivity index (χ3v) is 7.90. The fourth-order valence-electron chi connectivity index (χ4n) is 3.80.